The molecule has 0 heterocycles. The van der Waals surface area contributed by atoms with Gasteiger partial charge in [-0.1, -0.05) is 58.3 Å². The second-order valence-corrected chi connectivity index (χ2v) is 4.67. The van der Waals surface area contributed by atoms with Crippen molar-refractivity contribution in [3.63, 3.8) is 0 Å². The summed E-state index contributed by atoms with van der Waals surface area (Å²) in [7, 11) is 0. The molecule has 4 N–H and O–H groups in total. The molecule has 0 aromatic carbocycles. The van der Waals surface area contributed by atoms with E-state index in [1.54, 1.807) is 0 Å². The van der Waals surface area contributed by atoms with E-state index < -0.39 is 0 Å². The van der Waals surface area contributed by atoms with Gasteiger partial charge in [0.2, 0.25) is 0 Å². The second-order valence-electron chi connectivity index (χ2n) is 4.67. The van der Waals surface area contributed by atoms with Crippen LogP contribution < -0.4 is 5.73 Å². The van der Waals surface area contributed by atoms with Crippen molar-refractivity contribution in [2.75, 3.05) is 6.61 Å². The van der Waals surface area contributed by atoms with E-state index in [0.717, 1.165) is 6.42 Å². The largest absolute Gasteiger partial charge is 0.390 e. The molecule has 0 aliphatic carbocycles. The summed E-state index contributed by atoms with van der Waals surface area (Å²) in [5.41, 5.74) is 3.87. The predicted molar refractivity (Wildman–Crippen MR) is 65.6 cm³/mol. The van der Waals surface area contributed by atoms with E-state index in [9.17, 15) is 0 Å². The van der Waals surface area contributed by atoms with E-state index in [1.165, 1.54) is 57.8 Å². The highest BCUT2D eigenvalue weighted by Gasteiger charge is 2.02. The van der Waals surface area contributed by atoms with Crippen molar-refractivity contribution in [2.24, 2.45) is 0 Å². The van der Waals surface area contributed by atoms with Crippen LogP contribution in [0, 0.1) is 0 Å². The molecule has 0 bridgehead atoms. The Bertz CT molecular complexity index is 117. The summed E-state index contributed by atoms with van der Waals surface area (Å²) in [5.74, 6) is 0. The summed E-state index contributed by atoms with van der Waals surface area (Å²) < 4.78 is 0. The van der Waals surface area contributed by atoms with Crippen LogP contribution >= 0.6 is 0 Å². The third-order valence-electron chi connectivity index (χ3n) is 2.97. The summed E-state index contributed by atoms with van der Waals surface area (Å²) in [6, 6.07) is 0.259. The van der Waals surface area contributed by atoms with Gasteiger partial charge in [-0.15, -0.1) is 0 Å². The van der Waals surface area contributed by atoms with Crippen LogP contribution in [0.1, 0.15) is 71.1 Å². The van der Waals surface area contributed by atoms with Gasteiger partial charge >= 0.3 is 0 Å². The zero-order valence-electron chi connectivity index (χ0n) is 10.5. The molecular weight excluding hydrogens is 186 g/mol. The van der Waals surface area contributed by atoms with Crippen LogP contribution in [0.4, 0.5) is 0 Å². The van der Waals surface area contributed by atoms with Gasteiger partial charge in [-0.25, -0.2) is 0 Å². The first-order valence-corrected chi connectivity index (χ1v) is 6.75. The first kappa shape index (κ1) is 14.9. The zero-order valence-corrected chi connectivity index (χ0v) is 10.5. The fraction of sp³-hybridized carbons (Fsp3) is 1.00. The lowest BCUT2D eigenvalue weighted by Crippen LogP contribution is -2.62. The molecule has 2 nitrogen and oxygen atoms in total. The maximum absolute atomic E-state index is 8.80. The Morgan fingerprint density at radius 2 is 1.33 bits per heavy atom. The fourth-order valence-corrected chi connectivity index (χ4v) is 1.83. The molecule has 0 aliphatic rings. The molecule has 92 valence electrons. The monoisotopic (exact) mass is 216 g/mol. The minimum Gasteiger partial charge on any atom is -0.390 e. The molecule has 0 saturated heterocycles. The average Bonchev–Trinajstić information content (AvgIpc) is 2.26. The Kier molecular flexibility index (Phi) is 11.9. The third kappa shape index (κ3) is 11.8. The molecule has 0 spiro atoms. The molecule has 0 aromatic rings. The number of aliphatic hydroxyl groups is 1. The quantitative estimate of drug-likeness (QED) is 0.512. The Morgan fingerprint density at radius 3 is 1.80 bits per heavy atom. The van der Waals surface area contributed by atoms with E-state index in [0.29, 0.717) is 0 Å². The molecule has 0 saturated carbocycles. The lowest BCUT2D eigenvalue weighted by molar-refractivity contribution is -0.426. The second kappa shape index (κ2) is 12.0. The van der Waals surface area contributed by atoms with E-state index in [-0.39, 0.29) is 12.6 Å². The van der Waals surface area contributed by atoms with Gasteiger partial charge < -0.3 is 10.8 Å². The van der Waals surface area contributed by atoms with Crippen molar-refractivity contribution in [2.45, 2.75) is 77.2 Å². The summed E-state index contributed by atoms with van der Waals surface area (Å²) in [6.07, 6.45) is 13.4. The number of hydrogen-bond acceptors (Lipinski definition) is 1. The summed E-state index contributed by atoms with van der Waals surface area (Å²) in [5, 5.41) is 8.80. The van der Waals surface area contributed by atoms with Gasteiger partial charge in [0, 0.05) is 6.42 Å². The summed E-state index contributed by atoms with van der Waals surface area (Å²) >= 11 is 0. The summed E-state index contributed by atoms with van der Waals surface area (Å²) in [4.78, 5) is 0. The van der Waals surface area contributed by atoms with Crippen LogP contribution in [0.5, 0.6) is 0 Å². The van der Waals surface area contributed by atoms with Crippen molar-refractivity contribution in [3.05, 3.63) is 0 Å². The third-order valence-corrected chi connectivity index (χ3v) is 2.97. The predicted octanol–water partition coefficient (Wildman–Crippen LogP) is 2.51. The number of rotatable bonds is 11. The van der Waals surface area contributed by atoms with Crippen LogP contribution in [-0.2, 0) is 0 Å². The molecule has 0 fully saturated rings. The average molecular weight is 216 g/mol. The number of quaternary nitrogens is 1. The summed E-state index contributed by atoms with van der Waals surface area (Å²) in [6.45, 7) is 2.51. The zero-order chi connectivity index (χ0) is 11.4. The SMILES string of the molecule is CCCCCCCCCCCC([NH3+])CO. The molecule has 1 unspecified atom stereocenters. The smallest absolute Gasteiger partial charge is 0.108 e. The lowest BCUT2D eigenvalue weighted by Gasteiger charge is -2.04. The molecular formula is C13H30NO+. The Morgan fingerprint density at radius 1 is 0.867 bits per heavy atom. The first-order chi connectivity index (χ1) is 7.31. The van der Waals surface area contributed by atoms with Gasteiger partial charge in [0.05, 0.1) is 6.61 Å². The Balaban J connectivity index is 2.92. The van der Waals surface area contributed by atoms with E-state index in [2.05, 4.69) is 12.7 Å². The molecule has 0 radical (unpaired) electrons. The van der Waals surface area contributed by atoms with Crippen molar-refractivity contribution in [3.8, 4) is 0 Å². The topological polar surface area (TPSA) is 47.9 Å². The maximum Gasteiger partial charge on any atom is 0.108 e. The van der Waals surface area contributed by atoms with Gasteiger partial charge in [-0.3, -0.25) is 0 Å². The molecule has 2 heteroatoms. The molecule has 0 aliphatic heterocycles. The Hall–Kier alpha value is -0.0800. The van der Waals surface area contributed by atoms with Crippen molar-refractivity contribution in [1.82, 2.24) is 0 Å². The van der Waals surface area contributed by atoms with E-state index >= 15 is 0 Å². The molecule has 0 rings (SSSR count). The highest BCUT2D eigenvalue weighted by Crippen LogP contribution is 2.10. The van der Waals surface area contributed by atoms with Gasteiger partial charge in [-0.05, 0) is 6.42 Å². The van der Waals surface area contributed by atoms with Crippen molar-refractivity contribution < 1.29 is 10.8 Å². The highest BCUT2D eigenvalue weighted by atomic mass is 16.3. The highest BCUT2D eigenvalue weighted by molar-refractivity contribution is 4.52. The minimum atomic E-state index is 0.247. The van der Waals surface area contributed by atoms with Gasteiger partial charge in [-0.2, -0.15) is 0 Å². The number of aliphatic hydroxyl groups excluding tert-OH is 1. The fourth-order valence-electron chi connectivity index (χ4n) is 1.83. The maximum atomic E-state index is 8.80. The van der Waals surface area contributed by atoms with E-state index in [4.69, 9.17) is 5.11 Å². The van der Waals surface area contributed by atoms with Crippen molar-refractivity contribution >= 4 is 0 Å². The molecule has 0 aromatic heterocycles. The standard InChI is InChI=1S/C13H29NO/c1-2-3-4-5-6-7-8-9-10-11-13(14)12-15/h13,15H,2-12,14H2,1H3/p+1. The van der Waals surface area contributed by atoms with Crippen LogP contribution in [0.15, 0.2) is 0 Å². The van der Waals surface area contributed by atoms with Crippen LogP contribution in [0.3, 0.4) is 0 Å². The van der Waals surface area contributed by atoms with Crippen LogP contribution in [-0.4, -0.2) is 17.8 Å². The number of hydrogen-bond donors (Lipinski definition) is 2. The molecule has 1 atom stereocenters. The van der Waals surface area contributed by atoms with Gasteiger partial charge in [0.1, 0.15) is 6.04 Å². The van der Waals surface area contributed by atoms with Gasteiger partial charge in [0.15, 0.2) is 0 Å². The van der Waals surface area contributed by atoms with Gasteiger partial charge in [0.25, 0.3) is 0 Å². The molecule has 0 amide bonds. The Labute approximate surface area is 95.3 Å². The van der Waals surface area contributed by atoms with E-state index in [1.807, 2.05) is 0 Å². The normalized spacial score (nSPS) is 13.0. The molecule has 15 heavy (non-hydrogen) atoms. The minimum absolute atomic E-state index is 0.247. The first-order valence-electron chi connectivity index (χ1n) is 6.75. The van der Waals surface area contributed by atoms with Crippen LogP contribution in [0.25, 0.3) is 0 Å². The van der Waals surface area contributed by atoms with Crippen LogP contribution in [0.2, 0.25) is 0 Å². The lowest BCUT2D eigenvalue weighted by atomic mass is 10.0. The van der Waals surface area contributed by atoms with Crippen molar-refractivity contribution in [1.29, 1.82) is 0 Å². The number of unbranched alkanes of at least 4 members (excludes halogenated alkanes) is 8.